The molecule has 0 spiro atoms. The van der Waals surface area contributed by atoms with Gasteiger partial charge in [-0.3, -0.25) is 19.2 Å². The molecule has 1 aliphatic rings. The first kappa shape index (κ1) is 37.2. The molecule has 2 bridgehead atoms. The van der Waals surface area contributed by atoms with Gasteiger partial charge in [0.15, 0.2) is 5.12 Å². The second-order valence-electron chi connectivity index (χ2n) is 11.5. The molecule has 3 atom stereocenters. The maximum absolute atomic E-state index is 13.3. The number of thiazole rings is 1. The van der Waals surface area contributed by atoms with Crippen molar-refractivity contribution in [1.82, 2.24) is 20.9 Å². The SMILES string of the molecule is CC=C1NC(=O)c2csc(n2)[C@H](C(C)C)NC(=O)C[C@@H](C=CCCSC(=O)CCCCCCC)OC(=O)[C@H](C(C)C)NC1=O. The molecule has 0 radical (unpaired) electrons. The number of allylic oxidation sites excluding steroid dienone is 2. The number of ether oxygens (including phenoxy) is 1. The van der Waals surface area contributed by atoms with Gasteiger partial charge in [-0.25, -0.2) is 9.78 Å². The second kappa shape index (κ2) is 19.4. The molecule has 0 aromatic carbocycles. The molecule has 2 heterocycles. The van der Waals surface area contributed by atoms with Crippen LogP contribution in [0.2, 0.25) is 0 Å². The zero-order valence-electron chi connectivity index (χ0n) is 26.8. The van der Waals surface area contributed by atoms with Gasteiger partial charge in [0, 0.05) is 17.6 Å². The average molecular weight is 649 g/mol. The number of hydrogen-bond acceptors (Lipinski definition) is 9. The Balaban J connectivity index is 2.22. The molecule has 12 heteroatoms. The number of unbranched alkanes of at least 4 members (excludes halogenated alkanes) is 4. The van der Waals surface area contributed by atoms with E-state index in [0.717, 1.165) is 19.3 Å². The summed E-state index contributed by atoms with van der Waals surface area (Å²) in [5.41, 5.74) is 0.103. The van der Waals surface area contributed by atoms with E-state index in [1.54, 1.807) is 32.2 Å². The molecular weight excluding hydrogens is 601 g/mol. The van der Waals surface area contributed by atoms with Crippen LogP contribution in [0.25, 0.3) is 0 Å². The Labute approximate surface area is 269 Å². The van der Waals surface area contributed by atoms with Crippen LogP contribution in [-0.2, 0) is 23.9 Å². The monoisotopic (exact) mass is 648 g/mol. The smallest absolute Gasteiger partial charge is 0.329 e. The van der Waals surface area contributed by atoms with E-state index in [9.17, 15) is 24.0 Å². The lowest BCUT2D eigenvalue weighted by atomic mass is 10.0. The first-order chi connectivity index (χ1) is 21.0. The number of aromatic nitrogens is 1. The van der Waals surface area contributed by atoms with Crippen molar-refractivity contribution in [2.45, 2.75) is 111 Å². The highest BCUT2D eigenvalue weighted by molar-refractivity contribution is 8.13. The Kier molecular flexibility index (Phi) is 16.4. The first-order valence-corrected chi connectivity index (χ1v) is 17.4. The van der Waals surface area contributed by atoms with Gasteiger partial charge in [-0.15, -0.1) is 11.3 Å². The predicted molar refractivity (Wildman–Crippen MR) is 175 cm³/mol. The number of fused-ring (bicyclic) bond motifs is 2. The Hall–Kier alpha value is -2.99. The quantitative estimate of drug-likeness (QED) is 0.115. The van der Waals surface area contributed by atoms with Crippen molar-refractivity contribution < 1.29 is 28.7 Å². The molecule has 0 saturated heterocycles. The zero-order valence-corrected chi connectivity index (χ0v) is 28.4. The molecule has 0 fully saturated rings. The van der Waals surface area contributed by atoms with E-state index >= 15 is 0 Å². The summed E-state index contributed by atoms with van der Waals surface area (Å²) < 4.78 is 5.78. The molecule has 0 unspecified atom stereocenters. The van der Waals surface area contributed by atoms with Crippen molar-refractivity contribution in [1.29, 1.82) is 0 Å². The third kappa shape index (κ3) is 12.6. The zero-order chi connectivity index (χ0) is 32.6. The van der Waals surface area contributed by atoms with Crippen LogP contribution in [0.3, 0.4) is 0 Å². The van der Waals surface area contributed by atoms with E-state index in [0.29, 0.717) is 23.6 Å². The van der Waals surface area contributed by atoms with Crippen molar-refractivity contribution in [2.75, 3.05) is 5.75 Å². The number of amides is 3. The summed E-state index contributed by atoms with van der Waals surface area (Å²) in [6.45, 7) is 11.2. The number of cyclic esters (lactones) is 1. The van der Waals surface area contributed by atoms with Gasteiger partial charge < -0.3 is 20.7 Å². The van der Waals surface area contributed by atoms with Crippen LogP contribution in [0, 0.1) is 11.8 Å². The minimum atomic E-state index is -1.03. The van der Waals surface area contributed by atoms with Crippen molar-refractivity contribution in [3.8, 4) is 0 Å². The number of rotatable bonds is 12. The maximum Gasteiger partial charge on any atom is 0.329 e. The van der Waals surface area contributed by atoms with Gasteiger partial charge in [0.1, 0.15) is 28.5 Å². The predicted octanol–water partition coefficient (Wildman–Crippen LogP) is 5.61. The fraction of sp³-hybridized carbons (Fsp3) is 0.625. The van der Waals surface area contributed by atoms with E-state index < -0.39 is 36.0 Å². The third-order valence-electron chi connectivity index (χ3n) is 7.03. The van der Waals surface area contributed by atoms with Gasteiger partial charge >= 0.3 is 5.97 Å². The van der Waals surface area contributed by atoms with Crippen LogP contribution in [0.4, 0.5) is 0 Å². The summed E-state index contributed by atoms with van der Waals surface area (Å²) in [6.07, 6.45) is 10.5. The van der Waals surface area contributed by atoms with Gasteiger partial charge in [0.2, 0.25) is 5.91 Å². The van der Waals surface area contributed by atoms with E-state index in [-0.39, 0.29) is 40.7 Å². The summed E-state index contributed by atoms with van der Waals surface area (Å²) in [7, 11) is 0. The molecule has 3 N–H and O–H groups in total. The molecule has 0 saturated carbocycles. The molecule has 1 aromatic heterocycles. The van der Waals surface area contributed by atoms with Gasteiger partial charge in [0.05, 0.1) is 12.5 Å². The largest absolute Gasteiger partial charge is 0.456 e. The van der Waals surface area contributed by atoms with Gasteiger partial charge in [0.25, 0.3) is 11.8 Å². The summed E-state index contributed by atoms with van der Waals surface area (Å²) in [6, 6.07) is -1.50. The molecule has 44 heavy (non-hydrogen) atoms. The number of carbonyl (C=O) groups is 5. The normalized spacial score (nSPS) is 21.5. The number of esters is 1. The van der Waals surface area contributed by atoms with Crippen molar-refractivity contribution in [2.24, 2.45) is 11.8 Å². The highest BCUT2D eigenvalue weighted by atomic mass is 32.2. The van der Waals surface area contributed by atoms with Crippen LogP contribution in [-0.4, -0.2) is 51.7 Å². The minimum absolute atomic E-state index is 0.0201. The first-order valence-electron chi connectivity index (χ1n) is 15.5. The molecule has 10 nitrogen and oxygen atoms in total. The highest BCUT2D eigenvalue weighted by Gasteiger charge is 2.31. The summed E-state index contributed by atoms with van der Waals surface area (Å²) >= 11 is 2.53. The number of thioether (sulfide) groups is 1. The lowest BCUT2D eigenvalue weighted by molar-refractivity contribution is -0.153. The van der Waals surface area contributed by atoms with Crippen molar-refractivity contribution in [3.05, 3.63) is 40.0 Å². The van der Waals surface area contributed by atoms with Crippen LogP contribution >= 0.6 is 23.1 Å². The standard InChI is InChI=1S/C32H48N4O6S2/c1-7-9-10-11-12-16-26(38)43-17-14-13-15-22-18-25(37)35-27(20(3)4)31-34-24(19-44-31)30(40)33-23(8-2)29(39)36-28(21(5)6)32(41)42-22/h8,13,15,19-22,27-28H,7,9-12,14,16-18H2,1-6H3,(H,33,40)(H,35,37)(H,36,39)/t22-,27+,28+/m1/s1. The highest BCUT2D eigenvalue weighted by Crippen LogP contribution is 2.26. The number of nitrogens with one attached hydrogen (secondary N) is 3. The van der Waals surface area contributed by atoms with Crippen LogP contribution in [0.15, 0.2) is 29.3 Å². The van der Waals surface area contributed by atoms with E-state index in [1.165, 1.54) is 42.0 Å². The van der Waals surface area contributed by atoms with Gasteiger partial charge in [-0.2, -0.15) is 0 Å². The minimum Gasteiger partial charge on any atom is -0.456 e. The topological polar surface area (TPSA) is 144 Å². The van der Waals surface area contributed by atoms with Crippen molar-refractivity contribution >= 4 is 51.9 Å². The number of nitrogens with zero attached hydrogens (tertiary/aromatic N) is 1. The van der Waals surface area contributed by atoms with E-state index in [4.69, 9.17) is 4.74 Å². The summed E-state index contributed by atoms with van der Waals surface area (Å²) in [5, 5.41) is 10.5. The second-order valence-corrected chi connectivity index (χ2v) is 13.5. The Morgan fingerprint density at radius 1 is 1.05 bits per heavy atom. The molecule has 3 amide bonds. The van der Waals surface area contributed by atoms with Crippen molar-refractivity contribution in [3.63, 3.8) is 0 Å². The lowest BCUT2D eigenvalue weighted by Crippen LogP contribution is -2.48. The molecule has 244 valence electrons. The Bertz CT molecular complexity index is 1190. The number of carbonyl (C=O) groups excluding carboxylic acids is 5. The molecule has 1 aromatic rings. The molecule has 0 aliphatic carbocycles. The Morgan fingerprint density at radius 2 is 1.75 bits per heavy atom. The maximum atomic E-state index is 13.3. The fourth-order valence-corrected chi connectivity index (χ4v) is 6.22. The third-order valence-corrected chi connectivity index (χ3v) is 8.92. The molecular formula is C32H48N4O6S2. The number of hydrogen-bond donors (Lipinski definition) is 3. The summed E-state index contributed by atoms with van der Waals surface area (Å²) in [4.78, 5) is 69.1. The van der Waals surface area contributed by atoms with Gasteiger partial charge in [-0.1, -0.05) is 84.2 Å². The van der Waals surface area contributed by atoms with Crippen LogP contribution < -0.4 is 16.0 Å². The molecule has 2 rings (SSSR count). The average Bonchev–Trinajstić information content (AvgIpc) is 3.46. The van der Waals surface area contributed by atoms with E-state index in [2.05, 4.69) is 27.9 Å². The summed E-state index contributed by atoms with van der Waals surface area (Å²) in [5.74, 6) is -2.06. The van der Waals surface area contributed by atoms with Gasteiger partial charge in [-0.05, 0) is 37.7 Å². The fourth-order valence-electron chi connectivity index (χ4n) is 4.43. The van der Waals surface area contributed by atoms with Crippen LogP contribution in [0.5, 0.6) is 0 Å². The van der Waals surface area contributed by atoms with Crippen LogP contribution in [0.1, 0.15) is 114 Å². The van der Waals surface area contributed by atoms with E-state index in [1.807, 2.05) is 19.9 Å². The Morgan fingerprint density at radius 3 is 2.41 bits per heavy atom. The lowest BCUT2D eigenvalue weighted by Gasteiger charge is -2.25. The molecule has 1 aliphatic heterocycles.